The Morgan fingerprint density at radius 3 is 2.71 bits per heavy atom. The van der Waals surface area contributed by atoms with E-state index in [0.29, 0.717) is 31.2 Å². The van der Waals surface area contributed by atoms with Gasteiger partial charge in [0, 0.05) is 19.6 Å². The monoisotopic (exact) mass is 466 g/mol. The number of nitrogen functional groups attached to an aromatic ring is 1. The van der Waals surface area contributed by atoms with Crippen LogP contribution in [0.15, 0.2) is 36.0 Å². The predicted molar refractivity (Wildman–Crippen MR) is 137 cm³/mol. The third kappa shape index (κ3) is 5.60. The highest BCUT2D eigenvalue weighted by molar-refractivity contribution is 6.03. The second kappa shape index (κ2) is 10.6. The number of aromatic nitrogens is 2. The standard InChI is InChI=1S/C26H38N6O2/c1-4-6-14-34-25-29-22(27)21-23(30-25)32(18-26(10-11-26)24(33)28-21)16-19(3)15-20(9-5-2)17-31-12-7-8-13-31/h5,9,15H,3-4,6-8,10-14,16-18H2,1-2H3,(H,28,33)(H2,27,29,30). The van der Waals surface area contributed by atoms with Gasteiger partial charge in [-0.25, -0.2) is 0 Å². The first-order valence-corrected chi connectivity index (χ1v) is 12.5. The number of hydrogen-bond donors (Lipinski definition) is 2. The molecule has 0 unspecified atom stereocenters. The fraction of sp³-hybridized carbons (Fsp3) is 0.577. The van der Waals surface area contributed by atoms with Crippen molar-refractivity contribution in [3.05, 3.63) is 36.0 Å². The van der Waals surface area contributed by atoms with Crippen LogP contribution < -0.4 is 20.7 Å². The zero-order chi connectivity index (χ0) is 24.1. The first-order chi connectivity index (χ1) is 16.4. The molecule has 0 radical (unpaired) electrons. The van der Waals surface area contributed by atoms with E-state index < -0.39 is 5.41 Å². The van der Waals surface area contributed by atoms with Crippen molar-refractivity contribution in [2.45, 2.75) is 52.4 Å². The molecule has 1 spiro atoms. The summed E-state index contributed by atoms with van der Waals surface area (Å²) in [5.74, 6) is 0.839. The molecule has 1 aromatic heterocycles. The number of hydrogen-bond acceptors (Lipinski definition) is 7. The van der Waals surface area contributed by atoms with E-state index in [1.807, 2.05) is 6.92 Å². The molecule has 2 fully saturated rings. The number of allylic oxidation sites excluding steroid dienone is 1. The lowest BCUT2D eigenvalue weighted by Crippen LogP contribution is -2.35. The van der Waals surface area contributed by atoms with Crippen molar-refractivity contribution < 1.29 is 9.53 Å². The van der Waals surface area contributed by atoms with Crippen molar-refractivity contribution in [2.24, 2.45) is 5.41 Å². The van der Waals surface area contributed by atoms with Crippen molar-refractivity contribution in [1.82, 2.24) is 14.9 Å². The maximum Gasteiger partial charge on any atom is 0.320 e. The molecule has 1 saturated heterocycles. The number of unbranched alkanes of at least 4 members (excludes halogenated alkanes) is 1. The average molecular weight is 467 g/mol. The highest BCUT2D eigenvalue weighted by Gasteiger charge is 2.53. The van der Waals surface area contributed by atoms with E-state index in [0.717, 1.165) is 50.9 Å². The summed E-state index contributed by atoms with van der Waals surface area (Å²) >= 11 is 0. The van der Waals surface area contributed by atoms with Gasteiger partial charge in [0.15, 0.2) is 11.6 Å². The number of fused-ring (bicyclic) bond motifs is 1. The number of nitrogens with zero attached hydrogens (tertiary/aromatic N) is 4. The van der Waals surface area contributed by atoms with Crippen LogP contribution in [0.2, 0.25) is 0 Å². The number of carbonyl (C=O) groups excluding carboxylic acids is 1. The first-order valence-electron chi connectivity index (χ1n) is 12.5. The quantitative estimate of drug-likeness (QED) is 0.398. The van der Waals surface area contributed by atoms with Gasteiger partial charge < -0.3 is 20.7 Å². The SMILES string of the molecule is C=C(C=C(C=CC)CN1CCCC1)CN1CC2(CC2)C(=O)Nc2c(N)nc(OCCCC)nc21. The van der Waals surface area contributed by atoms with Crippen molar-refractivity contribution in [2.75, 3.05) is 55.3 Å². The molecular formula is C26H38N6O2. The van der Waals surface area contributed by atoms with Crippen LogP contribution in [-0.2, 0) is 4.79 Å². The Labute approximate surface area is 202 Å². The number of likely N-dealkylation sites (tertiary alicyclic amines) is 1. The summed E-state index contributed by atoms with van der Waals surface area (Å²) in [6.45, 7) is 13.4. The molecule has 0 bridgehead atoms. The summed E-state index contributed by atoms with van der Waals surface area (Å²) in [4.78, 5) is 26.5. The minimum atomic E-state index is -0.401. The number of ether oxygens (including phenoxy) is 1. The van der Waals surface area contributed by atoms with Crippen molar-refractivity contribution in [1.29, 1.82) is 0 Å². The van der Waals surface area contributed by atoms with Crippen LogP contribution in [0.1, 0.15) is 52.4 Å². The molecule has 3 aliphatic rings. The normalized spacial score (nSPS) is 19.9. The molecule has 3 N–H and O–H groups in total. The molecule has 1 amide bonds. The number of nitrogens with two attached hydrogens (primary N) is 1. The number of nitrogens with one attached hydrogen (secondary N) is 1. The number of carbonyl (C=O) groups is 1. The van der Waals surface area contributed by atoms with Gasteiger partial charge in [0.05, 0.1) is 12.0 Å². The van der Waals surface area contributed by atoms with Crippen LogP contribution in [0, 0.1) is 5.41 Å². The van der Waals surface area contributed by atoms with Crippen molar-refractivity contribution in [3.63, 3.8) is 0 Å². The molecule has 0 atom stereocenters. The Hall–Kier alpha value is -2.87. The third-order valence-electron chi connectivity index (χ3n) is 6.76. The van der Waals surface area contributed by atoms with Crippen LogP contribution in [0.4, 0.5) is 17.3 Å². The highest BCUT2D eigenvalue weighted by Crippen LogP contribution is 2.51. The van der Waals surface area contributed by atoms with E-state index in [2.05, 4.69) is 56.8 Å². The first kappa shape index (κ1) is 24.3. The second-order valence-corrected chi connectivity index (χ2v) is 9.74. The van der Waals surface area contributed by atoms with Gasteiger partial charge >= 0.3 is 6.01 Å². The van der Waals surface area contributed by atoms with E-state index in [-0.39, 0.29) is 17.7 Å². The van der Waals surface area contributed by atoms with Gasteiger partial charge in [-0.15, -0.1) is 0 Å². The van der Waals surface area contributed by atoms with Crippen molar-refractivity contribution in [3.8, 4) is 6.01 Å². The molecule has 1 saturated carbocycles. The summed E-state index contributed by atoms with van der Waals surface area (Å²) in [5, 5.41) is 3.00. The van der Waals surface area contributed by atoms with Gasteiger partial charge in [0.2, 0.25) is 5.91 Å². The van der Waals surface area contributed by atoms with Crippen LogP contribution in [0.25, 0.3) is 0 Å². The van der Waals surface area contributed by atoms with Crippen LogP contribution >= 0.6 is 0 Å². The fourth-order valence-corrected chi connectivity index (χ4v) is 4.70. The Morgan fingerprint density at radius 1 is 1.26 bits per heavy atom. The third-order valence-corrected chi connectivity index (χ3v) is 6.76. The minimum Gasteiger partial charge on any atom is -0.463 e. The van der Waals surface area contributed by atoms with Gasteiger partial charge in [0.1, 0.15) is 5.69 Å². The largest absolute Gasteiger partial charge is 0.463 e. The van der Waals surface area contributed by atoms with Crippen LogP contribution in [-0.4, -0.2) is 60.1 Å². The minimum absolute atomic E-state index is 0.00371. The lowest BCUT2D eigenvalue weighted by molar-refractivity contribution is -0.120. The molecule has 0 aromatic carbocycles. The summed E-state index contributed by atoms with van der Waals surface area (Å²) in [7, 11) is 0. The van der Waals surface area contributed by atoms with Gasteiger partial charge in [0.25, 0.3) is 0 Å². The summed E-state index contributed by atoms with van der Waals surface area (Å²) < 4.78 is 5.76. The van der Waals surface area contributed by atoms with E-state index >= 15 is 0 Å². The molecule has 34 heavy (non-hydrogen) atoms. The van der Waals surface area contributed by atoms with Gasteiger partial charge in [-0.3, -0.25) is 9.69 Å². The Balaban J connectivity index is 1.59. The molecule has 3 heterocycles. The smallest absolute Gasteiger partial charge is 0.320 e. The van der Waals surface area contributed by atoms with Crippen LogP contribution in [0.5, 0.6) is 6.01 Å². The van der Waals surface area contributed by atoms with Gasteiger partial charge in [-0.05, 0) is 63.3 Å². The molecule has 8 nitrogen and oxygen atoms in total. The molecular weight excluding hydrogens is 428 g/mol. The number of rotatable bonds is 10. The maximum absolute atomic E-state index is 13.0. The number of amides is 1. The lowest BCUT2D eigenvalue weighted by atomic mass is 10.1. The van der Waals surface area contributed by atoms with Crippen molar-refractivity contribution >= 4 is 23.2 Å². The van der Waals surface area contributed by atoms with E-state index in [1.165, 1.54) is 18.4 Å². The molecule has 8 heteroatoms. The maximum atomic E-state index is 13.0. The van der Waals surface area contributed by atoms with E-state index in [4.69, 9.17) is 10.5 Å². The zero-order valence-corrected chi connectivity index (χ0v) is 20.6. The lowest BCUT2D eigenvalue weighted by Gasteiger charge is -2.26. The summed E-state index contributed by atoms with van der Waals surface area (Å²) in [6.07, 6.45) is 12.6. The highest BCUT2D eigenvalue weighted by atomic mass is 16.5. The molecule has 4 rings (SSSR count). The Morgan fingerprint density at radius 2 is 2.03 bits per heavy atom. The topological polar surface area (TPSA) is 96.6 Å². The van der Waals surface area contributed by atoms with E-state index in [1.54, 1.807) is 0 Å². The average Bonchev–Trinajstić information content (AvgIpc) is 3.43. The molecule has 1 aromatic rings. The Bertz CT molecular complexity index is 976. The van der Waals surface area contributed by atoms with Crippen LogP contribution in [0.3, 0.4) is 0 Å². The van der Waals surface area contributed by atoms with Gasteiger partial charge in [-0.1, -0.05) is 38.2 Å². The summed E-state index contributed by atoms with van der Waals surface area (Å²) in [5.41, 5.74) is 8.55. The van der Waals surface area contributed by atoms with Gasteiger partial charge in [-0.2, -0.15) is 9.97 Å². The molecule has 1 aliphatic carbocycles. The predicted octanol–water partition coefficient (Wildman–Crippen LogP) is 3.93. The van der Waals surface area contributed by atoms with E-state index in [9.17, 15) is 4.79 Å². The summed E-state index contributed by atoms with van der Waals surface area (Å²) in [6, 6.07) is 0.250. The molecule has 184 valence electrons. The second-order valence-electron chi connectivity index (χ2n) is 9.74. The molecule has 2 aliphatic heterocycles. The number of anilines is 3. The fourth-order valence-electron chi connectivity index (χ4n) is 4.70. The Kier molecular flexibility index (Phi) is 7.56. The zero-order valence-electron chi connectivity index (χ0n) is 20.6.